The molecule has 0 atom stereocenters. The van der Waals surface area contributed by atoms with Gasteiger partial charge in [0.25, 0.3) is 0 Å². The molecule has 0 fully saturated rings. The van der Waals surface area contributed by atoms with Crippen LogP contribution in [0.25, 0.3) is 16.8 Å². The van der Waals surface area contributed by atoms with Crippen molar-refractivity contribution in [3.05, 3.63) is 83.2 Å². The van der Waals surface area contributed by atoms with Crippen LogP contribution in [-0.4, -0.2) is 12.4 Å². The Hall–Kier alpha value is -3.45. The Bertz CT molecular complexity index is 1050. The van der Waals surface area contributed by atoms with Gasteiger partial charge < -0.3 is 4.74 Å². The number of ketones is 1. The molecule has 128 valence electrons. The van der Waals surface area contributed by atoms with Crippen LogP contribution in [0.3, 0.4) is 0 Å². The maximum atomic E-state index is 13.9. The third-order valence-corrected chi connectivity index (χ3v) is 4.00. The number of Topliss-reactive ketones (excluding diaryl/α,β-unsaturated/α-hetero) is 1. The standard InChI is InChI=1S/C22H16FNO2/c1-2-26-21-12-11-15-7-3-4-8-17(15)19(21)13-16(14-24)22(25)18-9-5-6-10-20(18)23/h3-13H,2H2,1H3/b16-13+. The molecule has 0 spiro atoms. The van der Waals surface area contributed by atoms with E-state index in [0.717, 1.165) is 10.8 Å². The molecule has 0 bridgehead atoms. The summed E-state index contributed by atoms with van der Waals surface area (Å²) in [5.74, 6) is -0.733. The van der Waals surface area contributed by atoms with E-state index in [1.165, 1.54) is 24.3 Å². The van der Waals surface area contributed by atoms with Gasteiger partial charge in [-0.1, -0.05) is 42.5 Å². The molecule has 0 aliphatic carbocycles. The Morgan fingerprint density at radius 2 is 1.85 bits per heavy atom. The zero-order chi connectivity index (χ0) is 18.5. The molecule has 0 amide bonds. The number of benzene rings is 3. The number of hydrogen-bond donors (Lipinski definition) is 0. The van der Waals surface area contributed by atoms with Crippen molar-refractivity contribution in [1.29, 1.82) is 5.26 Å². The van der Waals surface area contributed by atoms with Crippen LogP contribution >= 0.6 is 0 Å². The Balaban J connectivity index is 2.18. The summed E-state index contributed by atoms with van der Waals surface area (Å²) in [5.41, 5.74) is 0.358. The topological polar surface area (TPSA) is 50.1 Å². The third kappa shape index (κ3) is 3.33. The molecular formula is C22H16FNO2. The van der Waals surface area contributed by atoms with E-state index in [4.69, 9.17) is 4.74 Å². The minimum absolute atomic E-state index is 0.126. The Morgan fingerprint density at radius 1 is 1.12 bits per heavy atom. The fraction of sp³-hybridized carbons (Fsp3) is 0.0909. The molecule has 0 heterocycles. The van der Waals surface area contributed by atoms with Crippen LogP contribution in [0, 0.1) is 17.1 Å². The Morgan fingerprint density at radius 3 is 2.58 bits per heavy atom. The lowest BCUT2D eigenvalue weighted by Crippen LogP contribution is -2.05. The van der Waals surface area contributed by atoms with Crippen molar-refractivity contribution in [3.8, 4) is 11.8 Å². The number of halogens is 1. The highest BCUT2D eigenvalue weighted by atomic mass is 19.1. The zero-order valence-electron chi connectivity index (χ0n) is 14.2. The average molecular weight is 345 g/mol. The van der Waals surface area contributed by atoms with Crippen LogP contribution in [0.15, 0.2) is 66.2 Å². The van der Waals surface area contributed by atoms with Crippen LogP contribution < -0.4 is 4.74 Å². The molecule has 3 rings (SSSR count). The maximum Gasteiger partial charge on any atom is 0.206 e. The number of carbonyl (C=O) groups is 1. The summed E-state index contributed by atoms with van der Waals surface area (Å²) in [5, 5.41) is 11.3. The molecule has 0 saturated heterocycles. The van der Waals surface area contributed by atoms with Gasteiger partial charge in [-0.15, -0.1) is 0 Å². The van der Waals surface area contributed by atoms with Crippen LogP contribution in [0.1, 0.15) is 22.8 Å². The number of allylic oxidation sites excluding steroid dienone is 1. The smallest absolute Gasteiger partial charge is 0.206 e. The van der Waals surface area contributed by atoms with E-state index < -0.39 is 11.6 Å². The van der Waals surface area contributed by atoms with E-state index in [0.29, 0.717) is 17.9 Å². The van der Waals surface area contributed by atoms with Gasteiger partial charge in [0.15, 0.2) is 0 Å². The van der Waals surface area contributed by atoms with Crippen molar-refractivity contribution in [2.75, 3.05) is 6.61 Å². The molecule has 0 unspecified atom stereocenters. The average Bonchev–Trinajstić information content (AvgIpc) is 2.67. The second-order valence-electron chi connectivity index (χ2n) is 5.61. The van der Waals surface area contributed by atoms with Crippen molar-refractivity contribution >= 4 is 22.6 Å². The molecule has 3 aromatic carbocycles. The first-order valence-corrected chi connectivity index (χ1v) is 8.21. The second-order valence-corrected chi connectivity index (χ2v) is 5.61. The monoisotopic (exact) mass is 345 g/mol. The first-order valence-electron chi connectivity index (χ1n) is 8.21. The minimum Gasteiger partial charge on any atom is -0.493 e. The summed E-state index contributed by atoms with van der Waals surface area (Å²) >= 11 is 0. The number of carbonyl (C=O) groups excluding carboxylic acids is 1. The number of nitriles is 1. The number of hydrogen-bond acceptors (Lipinski definition) is 3. The zero-order valence-corrected chi connectivity index (χ0v) is 14.2. The molecule has 0 aliphatic rings. The summed E-state index contributed by atoms with van der Waals surface area (Å²) in [6.45, 7) is 2.31. The predicted molar refractivity (Wildman–Crippen MR) is 99.4 cm³/mol. The number of nitrogens with zero attached hydrogens (tertiary/aromatic N) is 1. The maximum absolute atomic E-state index is 13.9. The van der Waals surface area contributed by atoms with E-state index in [1.807, 2.05) is 43.3 Å². The third-order valence-electron chi connectivity index (χ3n) is 4.00. The lowest BCUT2D eigenvalue weighted by molar-refractivity contribution is 0.103. The van der Waals surface area contributed by atoms with E-state index in [9.17, 15) is 14.4 Å². The van der Waals surface area contributed by atoms with Gasteiger partial charge in [-0.25, -0.2) is 4.39 Å². The van der Waals surface area contributed by atoms with Crippen molar-refractivity contribution in [2.45, 2.75) is 6.92 Å². The SMILES string of the molecule is CCOc1ccc2ccccc2c1/C=C(\C#N)C(=O)c1ccccc1F. The molecular weight excluding hydrogens is 329 g/mol. The van der Waals surface area contributed by atoms with Crippen LogP contribution in [0.5, 0.6) is 5.75 Å². The highest BCUT2D eigenvalue weighted by Crippen LogP contribution is 2.31. The number of fused-ring (bicyclic) bond motifs is 1. The highest BCUT2D eigenvalue weighted by molar-refractivity contribution is 6.15. The summed E-state index contributed by atoms with van der Waals surface area (Å²) in [4.78, 5) is 12.6. The minimum atomic E-state index is -0.652. The molecule has 0 saturated carbocycles. The van der Waals surface area contributed by atoms with Gasteiger partial charge in [0.05, 0.1) is 12.2 Å². The predicted octanol–water partition coefficient (Wildman–Crippen LogP) is 5.17. The Kier molecular flexibility index (Phi) is 5.09. The molecule has 0 aliphatic heterocycles. The molecule has 3 nitrogen and oxygen atoms in total. The molecule has 4 heteroatoms. The molecule has 0 radical (unpaired) electrons. The fourth-order valence-electron chi connectivity index (χ4n) is 2.79. The lowest BCUT2D eigenvalue weighted by Gasteiger charge is -2.11. The van der Waals surface area contributed by atoms with Gasteiger partial charge >= 0.3 is 0 Å². The van der Waals surface area contributed by atoms with Gasteiger partial charge in [-0.3, -0.25) is 4.79 Å². The van der Waals surface area contributed by atoms with E-state index in [-0.39, 0.29) is 11.1 Å². The lowest BCUT2D eigenvalue weighted by atomic mass is 9.97. The number of rotatable bonds is 5. The van der Waals surface area contributed by atoms with Crippen molar-refractivity contribution in [3.63, 3.8) is 0 Å². The van der Waals surface area contributed by atoms with Gasteiger partial charge in [0, 0.05) is 5.56 Å². The summed E-state index contributed by atoms with van der Waals surface area (Å²) < 4.78 is 19.6. The molecule has 26 heavy (non-hydrogen) atoms. The fourth-order valence-corrected chi connectivity index (χ4v) is 2.79. The van der Waals surface area contributed by atoms with Gasteiger partial charge in [-0.2, -0.15) is 5.26 Å². The quantitative estimate of drug-likeness (QED) is 0.364. The van der Waals surface area contributed by atoms with E-state index in [1.54, 1.807) is 12.1 Å². The van der Waals surface area contributed by atoms with Crippen molar-refractivity contribution in [1.82, 2.24) is 0 Å². The normalized spacial score (nSPS) is 11.2. The first-order chi connectivity index (χ1) is 12.7. The van der Waals surface area contributed by atoms with Gasteiger partial charge in [0.2, 0.25) is 5.78 Å². The molecule has 3 aromatic rings. The Labute approximate surface area is 151 Å². The second kappa shape index (κ2) is 7.62. The number of ether oxygens (including phenoxy) is 1. The molecule has 0 N–H and O–H groups in total. The highest BCUT2D eigenvalue weighted by Gasteiger charge is 2.17. The van der Waals surface area contributed by atoms with Gasteiger partial charge in [0.1, 0.15) is 23.2 Å². The van der Waals surface area contributed by atoms with Crippen LogP contribution in [-0.2, 0) is 0 Å². The van der Waals surface area contributed by atoms with Crippen LogP contribution in [0.2, 0.25) is 0 Å². The summed E-state index contributed by atoms with van der Waals surface area (Å²) in [7, 11) is 0. The van der Waals surface area contributed by atoms with E-state index >= 15 is 0 Å². The van der Waals surface area contributed by atoms with Crippen molar-refractivity contribution < 1.29 is 13.9 Å². The van der Waals surface area contributed by atoms with Crippen molar-refractivity contribution in [2.24, 2.45) is 0 Å². The van der Waals surface area contributed by atoms with Crippen LogP contribution in [0.4, 0.5) is 4.39 Å². The molecule has 0 aromatic heterocycles. The van der Waals surface area contributed by atoms with Gasteiger partial charge in [-0.05, 0) is 42.0 Å². The summed E-state index contributed by atoms with van der Waals surface area (Å²) in [6.07, 6.45) is 1.47. The van der Waals surface area contributed by atoms with E-state index in [2.05, 4.69) is 0 Å². The first kappa shape index (κ1) is 17.4. The summed E-state index contributed by atoms with van der Waals surface area (Å²) in [6, 6.07) is 18.9. The largest absolute Gasteiger partial charge is 0.493 e.